The number of nitrogens with one attached hydrogen (secondary N) is 2. The number of hydrogen-bond acceptors (Lipinski definition) is 5. The second-order valence-corrected chi connectivity index (χ2v) is 6.13. The summed E-state index contributed by atoms with van der Waals surface area (Å²) in [6.45, 7) is 3.46. The monoisotopic (exact) mass is 300 g/mol. The van der Waals surface area contributed by atoms with Crippen molar-refractivity contribution in [3.05, 3.63) is 33.9 Å². The molecule has 20 heavy (non-hydrogen) atoms. The van der Waals surface area contributed by atoms with Gasteiger partial charge in [0.25, 0.3) is 5.69 Å². The molecule has 2 N–H and O–H groups in total. The molecule has 1 saturated heterocycles. The van der Waals surface area contributed by atoms with Crippen LogP contribution in [0.1, 0.15) is 5.56 Å². The van der Waals surface area contributed by atoms with Crippen molar-refractivity contribution in [3.8, 4) is 0 Å². The van der Waals surface area contributed by atoms with E-state index in [4.69, 9.17) is 0 Å². The fourth-order valence-corrected chi connectivity index (χ4v) is 3.31. The van der Waals surface area contributed by atoms with E-state index in [0.29, 0.717) is 31.7 Å². The molecule has 0 saturated carbocycles. The lowest BCUT2D eigenvalue weighted by atomic mass is 10.2. The molecule has 1 aromatic carbocycles. The van der Waals surface area contributed by atoms with Gasteiger partial charge in [0.15, 0.2) is 0 Å². The molecule has 1 fully saturated rings. The minimum absolute atomic E-state index is 0.106. The van der Waals surface area contributed by atoms with Gasteiger partial charge in [0, 0.05) is 32.2 Å². The lowest BCUT2D eigenvalue weighted by Crippen LogP contribution is -2.48. The SMILES string of the molecule is Cc1c(NS(=O)(=O)N2CCNCC2)cccc1[N+](=O)[O-]. The van der Waals surface area contributed by atoms with Crippen LogP contribution in [0.25, 0.3) is 0 Å². The van der Waals surface area contributed by atoms with Crippen molar-refractivity contribution in [2.24, 2.45) is 0 Å². The molecular formula is C11H16N4O4S. The number of nitro benzene ring substituents is 1. The molecule has 0 atom stereocenters. The van der Waals surface area contributed by atoms with Crippen LogP contribution in [0.4, 0.5) is 11.4 Å². The molecule has 1 aliphatic heterocycles. The Kier molecular flexibility index (Phi) is 4.21. The Morgan fingerprint density at radius 2 is 2.00 bits per heavy atom. The van der Waals surface area contributed by atoms with Gasteiger partial charge in [0.2, 0.25) is 0 Å². The largest absolute Gasteiger partial charge is 0.314 e. The Balaban J connectivity index is 2.25. The van der Waals surface area contributed by atoms with Crippen LogP contribution in [0.5, 0.6) is 0 Å². The summed E-state index contributed by atoms with van der Waals surface area (Å²) >= 11 is 0. The van der Waals surface area contributed by atoms with Crippen LogP contribution in [0.2, 0.25) is 0 Å². The van der Waals surface area contributed by atoms with Crippen LogP contribution in [-0.2, 0) is 10.2 Å². The topological polar surface area (TPSA) is 105 Å². The average Bonchev–Trinajstić information content (AvgIpc) is 2.41. The third kappa shape index (κ3) is 3.06. The van der Waals surface area contributed by atoms with Crippen LogP contribution in [0.3, 0.4) is 0 Å². The maximum absolute atomic E-state index is 12.2. The van der Waals surface area contributed by atoms with Gasteiger partial charge in [-0.3, -0.25) is 14.8 Å². The van der Waals surface area contributed by atoms with Crippen molar-refractivity contribution in [2.75, 3.05) is 30.9 Å². The van der Waals surface area contributed by atoms with E-state index in [1.165, 1.54) is 29.4 Å². The number of rotatable bonds is 4. The zero-order valence-electron chi connectivity index (χ0n) is 11.0. The molecule has 0 aromatic heterocycles. The van der Waals surface area contributed by atoms with Crippen LogP contribution in [-0.4, -0.2) is 43.8 Å². The van der Waals surface area contributed by atoms with E-state index in [-0.39, 0.29) is 11.4 Å². The van der Waals surface area contributed by atoms with Gasteiger partial charge in [-0.05, 0) is 13.0 Å². The first-order valence-corrected chi connectivity index (χ1v) is 7.58. The van der Waals surface area contributed by atoms with Gasteiger partial charge in [-0.1, -0.05) is 6.07 Å². The molecule has 2 rings (SSSR count). The Hall–Kier alpha value is -1.71. The summed E-state index contributed by atoms with van der Waals surface area (Å²) in [4.78, 5) is 10.3. The average molecular weight is 300 g/mol. The Bertz CT molecular complexity index is 611. The third-order valence-corrected chi connectivity index (χ3v) is 4.68. The number of nitro groups is 1. The van der Waals surface area contributed by atoms with Gasteiger partial charge >= 0.3 is 10.2 Å². The third-order valence-electron chi connectivity index (χ3n) is 3.16. The van der Waals surface area contributed by atoms with Gasteiger partial charge in [0.05, 0.1) is 16.2 Å². The molecule has 0 bridgehead atoms. The van der Waals surface area contributed by atoms with E-state index in [1.807, 2.05) is 0 Å². The van der Waals surface area contributed by atoms with Crippen LogP contribution >= 0.6 is 0 Å². The quantitative estimate of drug-likeness (QED) is 0.621. The molecule has 0 amide bonds. The van der Waals surface area contributed by atoms with Crippen molar-refractivity contribution in [1.29, 1.82) is 0 Å². The van der Waals surface area contributed by atoms with E-state index in [2.05, 4.69) is 10.0 Å². The maximum atomic E-state index is 12.2. The molecule has 1 aliphatic rings. The van der Waals surface area contributed by atoms with Crippen molar-refractivity contribution < 1.29 is 13.3 Å². The smallest absolute Gasteiger partial charge is 0.301 e. The van der Waals surface area contributed by atoms with E-state index in [1.54, 1.807) is 0 Å². The number of piperazine rings is 1. The molecule has 1 heterocycles. The Morgan fingerprint density at radius 1 is 1.35 bits per heavy atom. The molecule has 9 heteroatoms. The molecule has 0 spiro atoms. The number of anilines is 1. The molecule has 0 unspecified atom stereocenters. The van der Waals surface area contributed by atoms with Crippen molar-refractivity contribution >= 4 is 21.6 Å². The second kappa shape index (κ2) is 5.73. The Morgan fingerprint density at radius 3 is 2.60 bits per heavy atom. The van der Waals surface area contributed by atoms with E-state index >= 15 is 0 Å². The minimum Gasteiger partial charge on any atom is -0.314 e. The zero-order valence-corrected chi connectivity index (χ0v) is 11.8. The first kappa shape index (κ1) is 14.7. The predicted octanol–water partition coefficient (Wildman–Crippen LogP) is 0.465. The fraction of sp³-hybridized carbons (Fsp3) is 0.455. The van der Waals surface area contributed by atoms with Crippen LogP contribution < -0.4 is 10.0 Å². The van der Waals surface area contributed by atoms with Gasteiger partial charge in [-0.25, -0.2) is 0 Å². The first-order chi connectivity index (χ1) is 9.42. The minimum atomic E-state index is -3.68. The predicted molar refractivity (Wildman–Crippen MR) is 74.8 cm³/mol. The van der Waals surface area contributed by atoms with E-state index < -0.39 is 15.1 Å². The van der Waals surface area contributed by atoms with Crippen molar-refractivity contribution in [2.45, 2.75) is 6.92 Å². The molecule has 8 nitrogen and oxygen atoms in total. The molecule has 0 radical (unpaired) electrons. The summed E-state index contributed by atoms with van der Waals surface area (Å²) in [5, 5.41) is 13.9. The summed E-state index contributed by atoms with van der Waals surface area (Å²) in [5.41, 5.74) is 0.430. The first-order valence-electron chi connectivity index (χ1n) is 6.14. The van der Waals surface area contributed by atoms with Crippen LogP contribution in [0, 0.1) is 17.0 Å². The standard InChI is InChI=1S/C11H16N4O4S/c1-9-10(3-2-4-11(9)15(16)17)13-20(18,19)14-7-5-12-6-8-14/h2-4,12-13H,5-8H2,1H3. The lowest BCUT2D eigenvalue weighted by molar-refractivity contribution is -0.385. The van der Waals surface area contributed by atoms with E-state index in [0.717, 1.165) is 0 Å². The fourth-order valence-electron chi connectivity index (χ4n) is 2.02. The molecular weight excluding hydrogens is 284 g/mol. The second-order valence-electron chi connectivity index (χ2n) is 4.46. The lowest BCUT2D eigenvalue weighted by Gasteiger charge is -2.27. The van der Waals surface area contributed by atoms with Gasteiger partial charge in [0.1, 0.15) is 0 Å². The van der Waals surface area contributed by atoms with Gasteiger partial charge < -0.3 is 5.32 Å². The summed E-state index contributed by atoms with van der Waals surface area (Å²) in [7, 11) is -3.68. The molecule has 110 valence electrons. The highest BCUT2D eigenvalue weighted by Crippen LogP contribution is 2.26. The van der Waals surface area contributed by atoms with Crippen molar-refractivity contribution in [1.82, 2.24) is 9.62 Å². The number of nitrogens with zero attached hydrogens (tertiary/aromatic N) is 2. The summed E-state index contributed by atoms with van der Waals surface area (Å²) in [6.07, 6.45) is 0. The zero-order chi connectivity index (χ0) is 14.8. The number of benzene rings is 1. The summed E-state index contributed by atoms with van der Waals surface area (Å²) < 4.78 is 28.1. The summed E-state index contributed by atoms with van der Waals surface area (Å²) in [6, 6.07) is 4.32. The normalized spacial score (nSPS) is 16.9. The van der Waals surface area contributed by atoms with E-state index in [9.17, 15) is 18.5 Å². The van der Waals surface area contributed by atoms with Gasteiger partial charge in [-0.2, -0.15) is 12.7 Å². The molecule has 0 aliphatic carbocycles. The van der Waals surface area contributed by atoms with Crippen LogP contribution in [0.15, 0.2) is 18.2 Å². The van der Waals surface area contributed by atoms with Crippen molar-refractivity contribution in [3.63, 3.8) is 0 Å². The maximum Gasteiger partial charge on any atom is 0.301 e. The highest BCUT2D eigenvalue weighted by molar-refractivity contribution is 7.90. The molecule has 1 aromatic rings. The highest BCUT2D eigenvalue weighted by atomic mass is 32.2. The van der Waals surface area contributed by atoms with Gasteiger partial charge in [-0.15, -0.1) is 0 Å². The number of hydrogen-bond donors (Lipinski definition) is 2. The highest BCUT2D eigenvalue weighted by Gasteiger charge is 2.25. The Labute approximate surface area is 117 Å². The summed E-state index contributed by atoms with van der Waals surface area (Å²) in [5.74, 6) is 0.